The Morgan fingerprint density at radius 2 is 1.91 bits per heavy atom. The highest BCUT2D eigenvalue weighted by Gasteiger charge is 2.31. The van der Waals surface area contributed by atoms with Gasteiger partial charge in [0.2, 0.25) is 11.9 Å². The number of nitrogens with zero attached hydrogens (tertiary/aromatic N) is 3. The number of carbonyl (C=O) groups excluding carboxylic acids is 1. The van der Waals surface area contributed by atoms with Crippen molar-refractivity contribution >= 4 is 17.5 Å². The Morgan fingerprint density at radius 1 is 1.22 bits per heavy atom. The fourth-order valence-corrected chi connectivity index (χ4v) is 2.87. The number of rotatable bonds is 3. The first-order valence-electron chi connectivity index (χ1n) is 7.69. The summed E-state index contributed by atoms with van der Waals surface area (Å²) in [6.07, 6.45) is 1.47. The molecular formula is C17H19FN4O. The number of amides is 1. The van der Waals surface area contributed by atoms with Gasteiger partial charge in [0, 0.05) is 17.9 Å². The summed E-state index contributed by atoms with van der Waals surface area (Å²) >= 11 is 0. The van der Waals surface area contributed by atoms with Crippen LogP contribution >= 0.6 is 0 Å². The van der Waals surface area contributed by atoms with Gasteiger partial charge < -0.3 is 10.2 Å². The second kappa shape index (κ2) is 6.32. The van der Waals surface area contributed by atoms with Crippen molar-refractivity contribution in [3.05, 3.63) is 47.5 Å². The van der Waals surface area contributed by atoms with Gasteiger partial charge in [0.05, 0.1) is 5.69 Å². The van der Waals surface area contributed by atoms with Crippen molar-refractivity contribution in [2.75, 3.05) is 16.8 Å². The first kappa shape index (κ1) is 15.4. The second-order valence-corrected chi connectivity index (χ2v) is 5.75. The van der Waals surface area contributed by atoms with Crippen LogP contribution in [-0.4, -0.2) is 28.5 Å². The van der Waals surface area contributed by atoms with Gasteiger partial charge in [-0.1, -0.05) is 12.1 Å². The van der Waals surface area contributed by atoms with Crippen LogP contribution in [0.1, 0.15) is 24.2 Å². The molecule has 23 heavy (non-hydrogen) atoms. The summed E-state index contributed by atoms with van der Waals surface area (Å²) in [5.74, 6) is -0.0931. The number of halogens is 1. The minimum atomic E-state index is -0.440. The zero-order chi connectivity index (χ0) is 16.4. The van der Waals surface area contributed by atoms with Crippen LogP contribution in [0.25, 0.3) is 0 Å². The van der Waals surface area contributed by atoms with E-state index in [1.807, 2.05) is 19.9 Å². The predicted molar refractivity (Wildman–Crippen MR) is 86.9 cm³/mol. The predicted octanol–water partition coefficient (Wildman–Crippen LogP) is 2.84. The van der Waals surface area contributed by atoms with Gasteiger partial charge >= 0.3 is 0 Å². The second-order valence-electron chi connectivity index (χ2n) is 5.75. The van der Waals surface area contributed by atoms with Crippen molar-refractivity contribution < 1.29 is 9.18 Å². The summed E-state index contributed by atoms with van der Waals surface area (Å²) in [6, 6.07) is 7.78. The van der Waals surface area contributed by atoms with E-state index < -0.39 is 6.04 Å². The molecule has 1 amide bonds. The molecule has 0 bridgehead atoms. The Balaban J connectivity index is 1.81. The molecule has 1 aliphatic heterocycles. The minimum Gasteiger partial charge on any atom is -0.342 e. The Labute approximate surface area is 134 Å². The van der Waals surface area contributed by atoms with Crippen LogP contribution in [0.4, 0.5) is 16.0 Å². The summed E-state index contributed by atoms with van der Waals surface area (Å²) < 4.78 is 14.0. The molecular weight excluding hydrogens is 295 g/mol. The lowest BCUT2D eigenvalue weighted by atomic mass is 10.0. The molecule has 1 atom stereocenters. The van der Waals surface area contributed by atoms with Crippen molar-refractivity contribution in [2.45, 2.75) is 32.7 Å². The van der Waals surface area contributed by atoms with Crippen LogP contribution in [0, 0.1) is 19.7 Å². The van der Waals surface area contributed by atoms with Crippen molar-refractivity contribution in [1.29, 1.82) is 0 Å². The van der Waals surface area contributed by atoms with Crippen LogP contribution < -0.4 is 10.2 Å². The Bertz CT molecular complexity index is 714. The lowest BCUT2D eigenvalue weighted by Gasteiger charge is -2.32. The monoisotopic (exact) mass is 314 g/mol. The number of anilines is 2. The highest BCUT2D eigenvalue weighted by molar-refractivity contribution is 5.99. The van der Waals surface area contributed by atoms with Crippen molar-refractivity contribution in [3.63, 3.8) is 0 Å². The van der Waals surface area contributed by atoms with E-state index >= 15 is 0 Å². The van der Waals surface area contributed by atoms with Gasteiger partial charge in [-0.15, -0.1) is 0 Å². The number of nitrogens with one attached hydrogen (secondary N) is 1. The molecule has 2 aromatic rings. The maximum Gasteiger partial charge on any atom is 0.249 e. The Hall–Kier alpha value is -2.50. The lowest BCUT2D eigenvalue weighted by Crippen LogP contribution is -2.48. The van der Waals surface area contributed by atoms with Crippen LogP contribution in [0.3, 0.4) is 0 Å². The first-order valence-corrected chi connectivity index (χ1v) is 7.69. The van der Waals surface area contributed by atoms with E-state index in [0.717, 1.165) is 17.8 Å². The van der Waals surface area contributed by atoms with Gasteiger partial charge in [-0.2, -0.15) is 0 Å². The third-order valence-corrected chi connectivity index (χ3v) is 3.87. The first-order chi connectivity index (χ1) is 11.0. The van der Waals surface area contributed by atoms with E-state index in [0.29, 0.717) is 24.6 Å². The van der Waals surface area contributed by atoms with Crippen molar-refractivity contribution in [1.82, 2.24) is 9.97 Å². The zero-order valence-corrected chi connectivity index (χ0v) is 13.2. The lowest BCUT2D eigenvalue weighted by molar-refractivity contribution is -0.120. The number of hydrogen-bond donors (Lipinski definition) is 1. The number of para-hydroxylation sites is 1. The quantitative estimate of drug-likeness (QED) is 0.946. The minimum absolute atomic E-state index is 0.149. The van der Waals surface area contributed by atoms with Crippen LogP contribution in [0.15, 0.2) is 30.3 Å². The molecule has 1 aromatic heterocycles. The smallest absolute Gasteiger partial charge is 0.249 e. The van der Waals surface area contributed by atoms with Gasteiger partial charge in [0.15, 0.2) is 0 Å². The molecule has 3 rings (SSSR count). The molecule has 6 heteroatoms. The summed E-state index contributed by atoms with van der Waals surface area (Å²) in [4.78, 5) is 22.8. The van der Waals surface area contributed by atoms with Crippen LogP contribution in [0.5, 0.6) is 0 Å². The van der Waals surface area contributed by atoms with E-state index in [9.17, 15) is 9.18 Å². The van der Waals surface area contributed by atoms with E-state index in [1.54, 1.807) is 18.2 Å². The molecule has 1 aromatic carbocycles. The maximum atomic E-state index is 14.0. The summed E-state index contributed by atoms with van der Waals surface area (Å²) in [6.45, 7) is 4.29. The fourth-order valence-electron chi connectivity index (χ4n) is 2.87. The maximum absolute atomic E-state index is 14.0. The molecule has 1 N–H and O–H groups in total. The standard InChI is InChI=1S/C17H19FN4O/c1-11-10-12(2)20-17(19-11)21-14-7-5-9-22(16(14)23)15-8-4-3-6-13(15)18/h3-4,6,8,10,14H,5,7,9H2,1-2H3,(H,19,20,21). The molecule has 5 nitrogen and oxygen atoms in total. The molecule has 1 unspecified atom stereocenters. The van der Waals surface area contributed by atoms with Crippen LogP contribution in [-0.2, 0) is 4.79 Å². The van der Waals surface area contributed by atoms with Gasteiger partial charge in [0.25, 0.3) is 0 Å². The fraction of sp³-hybridized carbons (Fsp3) is 0.353. The van der Waals surface area contributed by atoms with Crippen molar-refractivity contribution in [3.8, 4) is 0 Å². The van der Waals surface area contributed by atoms with E-state index in [2.05, 4.69) is 15.3 Å². The normalized spacial score (nSPS) is 18.1. The molecule has 1 fully saturated rings. The topological polar surface area (TPSA) is 58.1 Å². The zero-order valence-electron chi connectivity index (χ0n) is 13.2. The SMILES string of the molecule is Cc1cc(C)nc(NC2CCCN(c3ccccc3F)C2=O)n1. The number of piperidine rings is 1. The molecule has 0 spiro atoms. The number of benzene rings is 1. The molecule has 1 saturated heterocycles. The molecule has 0 aliphatic carbocycles. The number of hydrogen-bond acceptors (Lipinski definition) is 4. The van der Waals surface area contributed by atoms with Crippen molar-refractivity contribution in [2.24, 2.45) is 0 Å². The highest BCUT2D eigenvalue weighted by Crippen LogP contribution is 2.25. The molecule has 1 aliphatic rings. The van der Waals surface area contributed by atoms with Gasteiger partial charge in [0.1, 0.15) is 11.9 Å². The molecule has 0 radical (unpaired) electrons. The average Bonchev–Trinajstić information content (AvgIpc) is 2.49. The average molecular weight is 314 g/mol. The summed E-state index contributed by atoms with van der Waals surface area (Å²) in [5, 5.41) is 3.10. The molecule has 0 saturated carbocycles. The number of aromatic nitrogens is 2. The largest absolute Gasteiger partial charge is 0.342 e. The Kier molecular flexibility index (Phi) is 4.23. The van der Waals surface area contributed by atoms with E-state index in [1.165, 1.54) is 11.0 Å². The van der Waals surface area contributed by atoms with Gasteiger partial charge in [-0.25, -0.2) is 14.4 Å². The van der Waals surface area contributed by atoms with Gasteiger partial charge in [-0.05, 0) is 44.9 Å². The number of aryl methyl sites for hydroxylation is 2. The molecule has 2 heterocycles. The van der Waals surface area contributed by atoms with Crippen LogP contribution in [0.2, 0.25) is 0 Å². The number of carbonyl (C=O) groups is 1. The highest BCUT2D eigenvalue weighted by atomic mass is 19.1. The van der Waals surface area contributed by atoms with E-state index in [4.69, 9.17) is 0 Å². The van der Waals surface area contributed by atoms with E-state index in [-0.39, 0.29) is 11.7 Å². The summed E-state index contributed by atoms with van der Waals surface area (Å²) in [5.41, 5.74) is 2.01. The summed E-state index contributed by atoms with van der Waals surface area (Å²) in [7, 11) is 0. The third kappa shape index (κ3) is 3.31. The molecule has 120 valence electrons. The Morgan fingerprint density at radius 3 is 2.61 bits per heavy atom. The third-order valence-electron chi connectivity index (χ3n) is 3.87. The van der Waals surface area contributed by atoms with Gasteiger partial charge in [-0.3, -0.25) is 4.79 Å².